The molecule has 19 heavy (non-hydrogen) atoms. The lowest BCUT2D eigenvalue weighted by Crippen LogP contribution is -2.47. The minimum absolute atomic E-state index is 0.0108. The summed E-state index contributed by atoms with van der Waals surface area (Å²) in [6.45, 7) is 6.08. The smallest absolute Gasteiger partial charge is 0.319 e. The lowest BCUT2D eigenvalue weighted by molar-refractivity contribution is 0.237. The van der Waals surface area contributed by atoms with Gasteiger partial charge in [-0.2, -0.15) is 0 Å². The van der Waals surface area contributed by atoms with Crippen LogP contribution in [0.2, 0.25) is 0 Å². The van der Waals surface area contributed by atoms with Crippen LogP contribution in [-0.2, 0) is 0 Å². The Kier molecular flexibility index (Phi) is 3.80. The summed E-state index contributed by atoms with van der Waals surface area (Å²) < 4.78 is 0. The van der Waals surface area contributed by atoms with Gasteiger partial charge in [-0.1, -0.05) is 12.1 Å². The molecule has 2 rings (SSSR count). The summed E-state index contributed by atoms with van der Waals surface area (Å²) in [7, 11) is 0. The molecule has 4 N–H and O–H groups in total. The maximum atomic E-state index is 11.9. The van der Waals surface area contributed by atoms with E-state index in [1.807, 2.05) is 31.2 Å². The number of benzene rings is 1. The molecule has 1 saturated carbocycles. The third-order valence-corrected chi connectivity index (χ3v) is 3.73. The molecular weight excluding hydrogens is 238 g/mol. The molecule has 1 aromatic rings. The third-order valence-electron chi connectivity index (χ3n) is 3.73. The van der Waals surface area contributed by atoms with Crippen molar-refractivity contribution in [1.82, 2.24) is 5.32 Å². The van der Waals surface area contributed by atoms with Crippen molar-refractivity contribution in [2.24, 2.45) is 11.7 Å². The van der Waals surface area contributed by atoms with Crippen molar-refractivity contribution in [3.05, 3.63) is 29.8 Å². The van der Waals surface area contributed by atoms with Crippen molar-refractivity contribution in [2.45, 2.75) is 45.2 Å². The first-order chi connectivity index (χ1) is 8.88. The lowest BCUT2D eigenvalue weighted by Gasteiger charge is -2.26. The van der Waals surface area contributed by atoms with Crippen LogP contribution in [0.1, 0.15) is 45.2 Å². The van der Waals surface area contributed by atoms with Crippen LogP contribution < -0.4 is 16.4 Å². The van der Waals surface area contributed by atoms with Crippen LogP contribution in [0, 0.1) is 5.92 Å². The maximum Gasteiger partial charge on any atom is 0.319 e. The average Bonchev–Trinajstić information content (AvgIpc) is 3.12. The van der Waals surface area contributed by atoms with Crippen LogP contribution in [0.25, 0.3) is 0 Å². The molecule has 4 nitrogen and oxygen atoms in total. The van der Waals surface area contributed by atoms with Gasteiger partial charge in [0, 0.05) is 17.3 Å². The lowest BCUT2D eigenvalue weighted by atomic mass is 9.99. The van der Waals surface area contributed by atoms with E-state index in [0.29, 0.717) is 5.92 Å². The van der Waals surface area contributed by atoms with Crippen molar-refractivity contribution < 1.29 is 4.79 Å². The predicted octanol–water partition coefficient (Wildman–Crippen LogP) is 3.02. The number of anilines is 1. The fourth-order valence-corrected chi connectivity index (χ4v) is 2.23. The molecule has 104 valence electrons. The zero-order valence-electron chi connectivity index (χ0n) is 11.9. The molecule has 1 unspecified atom stereocenters. The normalized spacial score (nSPS) is 16.8. The topological polar surface area (TPSA) is 67.1 Å². The zero-order valence-corrected chi connectivity index (χ0v) is 11.9. The molecule has 1 aliphatic rings. The van der Waals surface area contributed by atoms with E-state index in [0.717, 1.165) is 11.3 Å². The predicted molar refractivity (Wildman–Crippen MR) is 78.0 cm³/mol. The summed E-state index contributed by atoms with van der Waals surface area (Å²) in [6, 6.07) is 7.49. The minimum Gasteiger partial charge on any atom is -0.333 e. The molecule has 1 aliphatic carbocycles. The third kappa shape index (κ3) is 3.70. The monoisotopic (exact) mass is 261 g/mol. The molecule has 1 atom stereocenters. The summed E-state index contributed by atoms with van der Waals surface area (Å²) >= 11 is 0. The average molecular weight is 261 g/mol. The van der Waals surface area contributed by atoms with Gasteiger partial charge in [-0.05, 0) is 57.2 Å². The number of amides is 2. The van der Waals surface area contributed by atoms with Crippen LogP contribution in [0.5, 0.6) is 0 Å². The van der Waals surface area contributed by atoms with Crippen molar-refractivity contribution in [3.63, 3.8) is 0 Å². The fourth-order valence-electron chi connectivity index (χ4n) is 2.23. The Morgan fingerprint density at radius 3 is 2.37 bits per heavy atom. The Morgan fingerprint density at radius 1 is 1.32 bits per heavy atom. The highest BCUT2D eigenvalue weighted by atomic mass is 16.2. The van der Waals surface area contributed by atoms with Gasteiger partial charge in [0.1, 0.15) is 0 Å². The molecule has 0 heterocycles. The molecule has 2 amide bonds. The summed E-state index contributed by atoms with van der Waals surface area (Å²) in [4.78, 5) is 11.9. The first-order valence-electron chi connectivity index (χ1n) is 6.83. The summed E-state index contributed by atoms with van der Waals surface area (Å²) in [5.74, 6) is 0.610. The molecule has 0 saturated heterocycles. The van der Waals surface area contributed by atoms with Gasteiger partial charge in [0.05, 0.1) is 0 Å². The Labute approximate surface area is 114 Å². The molecule has 0 aromatic heterocycles. The van der Waals surface area contributed by atoms with Crippen molar-refractivity contribution in [1.29, 1.82) is 0 Å². The van der Waals surface area contributed by atoms with E-state index >= 15 is 0 Å². The van der Waals surface area contributed by atoms with Gasteiger partial charge in [0.25, 0.3) is 0 Å². The second kappa shape index (κ2) is 5.21. The number of urea groups is 1. The first-order valence-corrected chi connectivity index (χ1v) is 6.83. The van der Waals surface area contributed by atoms with Gasteiger partial charge in [-0.3, -0.25) is 0 Å². The molecule has 0 aliphatic heterocycles. The number of rotatable bonds is 4. The van der Waals surface area contributed by atoms with E-state index in [2.05, 4.69) is 24.5 Å². The molecule has 0 bridgehead atoms. The molecule has 0 spiro atoms. The first kappa shape index (κ1) is 13.9. The standard InChI is InChI=1S/C15H23N3O/c1-10(16)11-4-8-13(9-5-11)17-14(19)18-15(2,3)12-6-7-12/h4-5,8-10,12H,6-7,16H2,1-3H3,(H2,17,18,19). The van der Waals surface area contributed by atoms with Gasteiger partial charge in [-0.15, -0.1) is 0 Å². The number of hydrogen-bond donors (Lipinski definition) is 3. The van der Waals surface area contributed by atoms with E-state index in [1.54, 1.807) is 0 Å². The van der Waals surface area contributed by atoms with Gasteiger partial charge in [-0.25, -0.2) is 4.79 Å². The van der Waals surface area contributed by atoms with Crippen molar-refractivity contribution >= 4 is 11.7 Å². The van der Waals surface area contributed by atoms with E-state index in [-0.39, 0.29) is 17.6 Å². The Hall–Kier alpha value is -1.55. The maximum absolute atomic E-state index is 11.9. The van der Waals surface area contributed by atoms with Crippen LogP contribution in [0.4, 0.5) is 10.5 Å². The highest BCUT2D eigenvalue weighted by Crippen LogP contribution is 2.39. The molecule has 0 radical (unpaired) electrons. The van der Waals surface area contributed by atoms with Gasteiger partial charge < -0.3 is 16.4 Å². The van der Waals surface area contributed by atoms with E-state index in [4.69, 9.17) is 5.73 Å². The number of carbonyl (C=O) groups is 1. The second-order valence-electron chi connectivity index (χ2n) is 5.99. The van der Waals surface area contributed by atoms with Crippen molar-refractivity contribution in [2.75, 3.05) is 5.32 Å². The zero-order chi connectivity index (χ0) is 14.0. The van der Waals surface area contributed by atoms with E-state index in [1.165, 1.54) is 12.8 Å². The number of hydrogen-bond acceptors (Lipinski definition) is 2. The summed E-state index contributed by atoms with van der Waals surface area (Å²) in [5, 5.41) is 5.89. The molecular formula is C15H23N3O. The summed E-state index contributed by atoms with van der Waals surface area (Å²) in [5.41, 5.74) is 7.50. The Bertz CT molecular complexity index is 447. The SMILES string of the molecule is CC(N)c1ccc(NC(=O)NC(C)(C)C2CC2)cc1. The molecule has 4 heteroatoms. The summed E-state index contributed by atoms with van der Waals surface area (Å²) in [6.07, 6.45) is 2.41. The van der Waals surface area contributed by atoms with E-state index in [9.17, 15) is 4.79 Å². The van der Waals surface area contributed by atoms with Gasteiger partial charge in [0.2, 0.25) is 0 Å². The second-order valence-corrected chi connectivity index (χ2v) is 5.99. The highest BCUT2D eigenvalue weighted by Gasteiger charge is 2.38. The van der Waals surface area contributed by atoms with Gasteiger partial charge >= 0.3 is 6.03 Å². The Morgan fingerprint density at radius 2 is 1.89 bits per heavy atom. The van der Waals surface area contributed by atoms with Crippen LogP contribution in [0.15, 0.2) is 24.3 Å². The largest absolute Gasteiger partial charge is 0.333 e. The Balaban J connectivity index is 1.91. The number of carbonyl (C=O) groups excluding carboxylic acids is 1. The van der Waals surface area contributed by atoms with Crippen LogP contribution in [0.3, 0.4) is 0 Å². The van der Waals surface area contributed by atoms with E-state index < -0.39 is 0 Å². The molecule has 1 aromatic carbocycles. The minimum atomic E-state index is -0.148. The number of nitrogens with two attached hydrogens (primary N) is 1. The van der Waals surface area contributed by atoms with Crippen LogP contribution >= 0.6 is 0 Å². The van der Waals surface area contributed by atoms with Crippen molar-refractivity contribution in [3.8, 4) is 0 Å². The molecule has 1 fully saturated rings. The quantitative estimate of drug-likeness (QED) is 0.780. The highest BCUT2D eigenvalue weighted by molar-refractivity contribution is 5.89. The van der Waals surface area contributed by atoms with Crippen LogP contribution in [-0.4, -0.2) is 11.6 Å². The van der Waals surface area contributed by atoms with Gasteiger partial charge in [0.15, 0.2) is 0 Å². The number of nitrogens with one attached hydrogen (secondary N) is 2. The fraction of sp³-hybridized carbons (Fsp3) is 0.533.